The first-order valence-electron chi connectivity index (χ1n) is 6.77. The van der Waals surface area contributed by atoms with E-state index in [0.29, 0.717) is 29.4 Å². The van der Waals surface area contributed by atoms with Gasteiger partial charge in [-0.05, 0) is 31.2 Å². The molecule has 1 saturated heterocycles. The first-order valence-corrected chi connectivity index (χ1v) is 7.15. The van der Waals surface area contributed by atoms with E-state index in [9.17, 15) is 4.79 Å². The Morgan fingerprint density at radius 3 is 1.95 bits per heavy atom. The van der Waals surface area contributed by atoms with Crippen molar-refractivity contribution in [1.82, 2.24) is 0 Å². The van der Waals surface area contributed by atoms with Crippen molar-refractivity contribution in [3.63, 3.8) is 0 Å². The maximum Gasteiger partial charge on any atom is 0.193 e. The molecule has 4 heteroatoms. The van der Waals surface area contributed by atoms with Gasteiger partial charge in [0, 0.05) is 21.7 Å². The van der Waals surface area contributed by atoms with E-state index in [0.717, 1.165) is 5.56 Å². The van der Waals surface area contributed by atoms with Gasteiger partial charge in [0.05, 0.1) is 13.2 Å². The lowest BCUT2D eigenvalue weighted by Crippen LogP contribution is -2.22. The molecule has 0 saturated carbocycles. The molecule has 1 heterocycles. The maximum atomic E-state index is 12.4. The summed E-state index contributed by atoms with van der Waals surface area (Å²) in [5.41, 5.74) is 2.15. The standard InChI is InChI=1S/C17H15ClO3/c1-17(20-10-11-21-17)14-6-2-12(3-7-14)16(19)13-4-8-15(18)9-5-13/h2-9H,10-11H2,1H3/i16+1. The molecular weight excluding hydrogens is 289 g/mol. The van der Waals surface area contributed by atoms with Gasteiger partial charge in [-0.3, -0.25) is 4.79 Å². The molecule has 0 N–H and O–H groups in total. The van der Waals surface area contributed by atoms with Crippen LogP contribution in [0.15, 0.2) is 48.5 Å². The third kappa shape index (κ3) is 2.86. The predicted octanol–water partition coefficient (Wildman–Crippen LogP) is 3.79. The molecule has 3 rings (SSSR count). The fraction of sp³-hybridized carbons (Fsp3) is 0.235. The minimum Gasteiger partial charge on any atom is -0.344 e. The number of hydrogen-bond acceptors (Lipinski definition) is 3. The van der Waals surface area contributed by atoms with Gasteiger partial charge in [-0.2, -0.15) is 0 Å². The van der Waals surface area contributed by atoms with Crippen LogP contribution in [0.5, 0.6) is 0 Å². The van der Waals surface area contributed by atoms with Crippen LogP contribution in [-0.2, 0) is 15.3 Å². The summed E-state index contributed by atoms with van der Waals surface area (Å²) in [4.78, 5) is 12.4. The van der Waals surface area contributed by atoms with E-state index in [2.05, 4.69) is 0 Å². The average molecular weight is 304 g/mol. The van der Waals surface area contributed by atoms with E-state index < -0.39 is 5.79 Å². The highest BCUT2D eigenvalue weighted by atomic mass is 35.5. The molecule has 0 spiro atoms. The number of halogens is 1. The Bertz CT molecular complexity index is 641. The lowest BCUT2D eigenvalue weighted by Gasteiger charge is -2.22. The third-order valence-electron chi connectivity index (χ3n) is 3.62. The molecule has 0 atom stereocenters. The first kappa shape index (κ1) is 14.3. The molecule has 21 heavy (non-hydrogen) atoms. The van der Waals surface area contributed by atoms with Crippen molar-refractivity contribution in [3.8, 4) is 0 Å². The van der Waals surface area contributed by atoms with Crippen LogP contribution in [0, 0.1) is 0 Å². The molecule has 0 aliphatic carbocycles. The second-order valence-corrected chi connectivity index (χ2v) is 5.49. The van der Waals surface area contributed by atoms with Gasteiger partial charge in [-0.25, -0.2) is 0 Å². The van der Waals surface area contributed by atoms with Crippen molar-refractivity contribution in [2.75, 3.05) is 13.2 Å². The van der Waals surface area contributed by atoms with Crippen LogP contribution in [0.25, 0.3) is 0 Å². The molecule has 1 fully saturated rings. The zero-order chi connectivity index (χ0) is 14.9. The minimum absolute atomic E-state index is 0.0309. The third-order valence-corrected chi connectivity index (χ3v) is 3.87. The summed E-state index contributed by atoms with van der Waals surface area (Å²) in [6.07, 6.45) is 0. The monoisotopic (exact) mass is 303 g/mol. The summed E-state index contributed by atoms with van der Waals surface area (Å²) < 4.78 is 11.2. The van der Waals surface area contributed by atoms with Crippen LogP contribution in [0.3, 0.4) is 0 Å². The normalized spacial score (nSPS) is 16.9. The van der Waals surface area contributed by atoms with Crippen molar-refractivity contribution in [1.29, 1.82) is 0 Å². The second kappa shape index (κ2) is 5.60. The zero-order valence-corrected chi connectivity index (χ0v) is 12.4. The van der Waals surface area contributed by atoms with Crippen molar-refractivity contribution in [3.05, 3.63) is 70.2 Å². The van der Waals surface area contributed by atoms with Crippen molar-refractivity contribution in [2.45, 2.75) is 12.7 Å². The van der Waals surface area contributed by atoms with Gasteiger partial charge in [-0.1, -0.05) is 35.9 Å². The molecule has 1 aliphatic rings. The first-order chi connectivity index (χ1) is 10.1. The Morgan fingerprint density at radius 2 is 1.43 bits per heavy atom. The molecule has 0 unspecified atom stereocenters. The quantitative estimate of drug-likeness (QED) is 0.639. The van der Waals surface area contributed by atoms with Gasteiger partial charge in [-0.15, -0.1) is 0 Å². The fourth-order valence-electron chi connectivity index (χ4n) is 2.37. The molecule has 1 aliphatic heterocycles. The molecule has 108 valence electrons. The lowest BCUT2D eigenvalue weighted by molar-refractivity contribution is -0.149. The summed E-state index contributed by atoms with van der Waals surface area (Å²) in [6, 6.07) is 14.2. The largest absolute Gasteiger partial charge is 0.344 e. The molecule has 3 nitrogen and oxygen atoms in total. The molecule has 2 aromatic rings. The molecule has 0 radical (unpaired) electrons. The van der Waals surface area contributed by atoms with Gasteiger partial charge in [0.1, 0.15) is 0 Å². The van der Waals surface area contributed by atoms with Gasteiger partial charge >= 0.3 is 0 Å². The van der Waals surface area contributed by atoms with Crippen molar-refractivity contribution in [2.24, 2.45) is 0 Å². The topological polar surface area (TPSA) is 35.5 Å². The van der Waals surface area contributed by atoms with Gasteiger partial charge in [0.2, 0.25) is 0 Å². The maximum absolute atomic E-state index is 12.4. The highest BCUT2D eigenvalue weighted by molar-refractivity contribution is 6.30. The zero-order valence-electron chi connectivity index (χ0n) is 11.6. The van der Waals surface area contributed by atoms with E-state index in [4.69, 9.17) is 21.1 Å². The van der Waals surface area contributed by atoms with Crippen molar-refractivity contribution >= 4 is 17.4 Å². The lowest BCUT2D eigenvalue weighted by atomic mass is 10.1. The number of ether oxygens (including phenoxy) is 2. The summed E-state index contributed by atoms with van der Waals surface area (Å²) in [5, 5.41) is 0.616. The van der Waals surface area contributed by atoms with E-state index in [1.807, 2.05) is 19.1 Å². The predicted molar refractivity (Wildman–Crippen MR) is 80.6 cm³/mol. The smallest absolute Gasteiger partial charge is 0.193 e. The van der Waals surface area contributed by atoms with Crippen LogP contribution in [0.2, 0.25) is 5.02 Å². The Kier molecular flexibility index (Phi) is 3.81. The summed E-state index contributed by atoms with van der Waals surface area (Å²) in [6.45, 7) is 3.06. The number of rotatable bonds is 3. The van der Waals surface area contributed by atoms with Crippen LogP contribution in [0.4, 0.5) is 0 Å². The Labute approximate surface area is 128 Å². The summed E-state index contributed by atoms with van der Waals surface area (Å²) >= 11 is 5.83. The Morgan fingerprint density at radius 1 is 0.952 bits per heavy atom. The number of carbonyl (C=O) groups excluding carboxylic acids is 1. The molecule has 0 aromatic heterocycles. The molecule has 0 amide bonds. The molecule has 0 bridgehead atoms. The van der Waals surface area contributed by atoms with Crippen LogP contribution in [-0.4, -0.2) is 19.0 Å². The van der Waals surface area contributed by atoms with Gasteiger partial charge in [0.25, 0.3) is 0 Å². The number of carbonyl (C=O) groups is 1. The van der Waals surface area contributed by atoms with E-state index >= 15 is 0 Å². The van der Waals surface area contributed by atoms with E-state index in [1.54, 1.807) is 36.4 Å². The SMILES string of the molecule is CC1(c2ccc([13C](=O)c3ccc(Cl)cc3)cc2)OCCO1. The van der Waals surface area contributed by atoms with E-state index in [-0.39, 0.29) is 5.78 Å². The Hall–Kier alpha value is -1.68. The molecule has 2 aromatic carbocycles. The summed E-state index contributed by atoms with van der Waals surface area (Å²) in [5.74, 6) is -0.737. The number of benzene rings is 2. The highest BCUT2D eigenvalue weighted by Gasteiger charge is 2.32. The molecular formula is C17H15ClO3. The average Bonchev–Trinajstić information content (AvgIpc) is 2.96. The van der Waals surface area contributed by atoms with Crippen LogP contribution < -0.4 is 0 Å². The van der Waals surface area contributed by atoms with Gasteiger partial charge < -0.3 is 9.47 Å². The summed E-state index contributed by atoms with van der Waals surface area (Å²) in [7, 11) is 0. The minimum atomic E-state index is -0.706. The van der Waals surface area contributed by atoms with E-state index in [1.165, 1.54) is 0 Å². The Balaban J connectivity index is 1.83. The highest BCUT2D eigenvalue weighted by Crippen LogP contribution is 2.31. The second-order valence-electron chi connectivity index (χ2n) is 5.06. The van der Waals surface area contributed by atoms with Crippen molar-refractivity contribution < 1.29 is 14.3 Å². The number of ketones is 1. The van der Waals surface area contributed by atoms with Crippen LogP contribution in [0.1, 0.15) is 28.4 Å². The fourth-order valence-corrected chi connectivity index (χ4v) is 2.50. The number of hydrogen-bond donors (Lipinski definition) is 0. The van der Waals surface area contributed by atoms with Gasteiger partial charge in [0.15, 0.2) is 11.6 Å². The van der Waals surface area contributed by atoms with Crippen LogP contribution >= 0.6 is 11.6 Å².